The van der Waals surface area contributed by atoms with Crippen LogP contribution >= 0.6 is 11.3 Å². The second kappa shape index (κ2) is 10.7. The smallest absolute Gasteiger partial charge is 0.350 e. The summed E-state index contributed by atoms with van der Waals surface area (Å²) >= 11 is 1.19. The van der Waals surface area contributed by atoms with Gasteiger partial charge in [-0.2, -0.15) is 0 Å². The van der Waals surface area contributed by atoms with Gasteiger partial charge in [0.15, 0.2) is 6.61 Å². The SMILES string of the molecule is CCOC(=O)c1sc(-c2ccccc2)cc1NC(=O)COC(=O)Cn1c(=O)cnc2ccccc21. The highest BCUT2D eigenvalue weighted by Gasteiger charge is 2.21. The molecule has 178 valence electrons. The van der Waals surface area contributed by atoms with Crippen molar-refractivity contribution in [2.75, 3.05) is 18.5 Å². The summed E-state index contributed by atoms with van der Waals surface area (Å²) in [6.45, 7) is 0.916. The number of nitrogens with one attached hydrogen (secondary N) is 1. The third-order valence-corrected chi connectivity index (χ3v) is 6.09. The molecule has 0 unspecified atom stereocenters. The molecule has 0 spiro atoms. The zero-order valence-corrected chi connectivity index (χ0v) is 19.5. The predicted octanol–water partition coefficient (Wildman–Crippen LogP) is 3.48. The molecule has 2 aromatic carbocycles. The minimum atomic E-state index is -0.764. The highest BCUT2D eigenvalue weighted by Crippen LogP contribution is 2.35. The zero-order valence-electron chi connectivity index (χ0n) is 18.7. The summed E-state index contributed by atoms with van der Waals surface area (Å²) in [4.78, 5) is 54.5. The Kier molecular flexibility index (Phi) is 7.32. The lowest BCUT2D eigenvalue weighted by atomic mass is 10.2. The Labute approximate surface area is 203 Å². The number of carbonyl (C=O) groups is 3. The number of benzene rings is 2. The first-order chi connectivity index (χ1) is 17.0. The molecule has 2 heterocycles. The summed E-state index contributed by atoms with van der Waals surface area (Å²) in [5, 5.41) is 2.62. The lowest BCUT2D eigenvalue weighted by Gasteiger charge is -2.10. The molecule has 0 aliphatic rings. The molecular formula is C25H21N3O6S. The van der Waals surface area contributed by atoms with Crippen molar-refractivity contribution in [2.45, 2.75) is 13.5 Å². The van der Waals surface area contributed by atoms with Crippen molar-refractivity contribution < 1.29 is 23.9 Å². The summed E-state index contributed by atoms with van der Waals surface area (Å²) in [7, 11) is 0. The summed E-state index contributed by atoms with van der Waals surface area (Å²) in [6, 6.07) is 17.9. The van der Waals surface area contributed by atoms with E-state index in [1.54, 1.807) is 37.3 Å². The van der Waals surface area contributed by atoms with Crippen molar-refractivity contribution in [1.29, 1.82) is 0 Å². The maximum atomic E-state index is 12.5. The van der Waals surface area contributed by atoms with Crippen molar-refractivity contribution in [3.63, 3.8) is 0 Å². The van der Waals surface area contributed by atoms with Crippen LogP contribution in [0.1, 0.15) is 16.6 Å². The molecule has 10 heteroatoms. The average Bonchev–Trinajstić information content (AvgIpc) is 3.29. The van der Waals surface area contributed by atoms with Crippen molar-refractivity contribution in [3.05, 3.63) is 82.1 Å². The first-order valence-electron chi connectivity index (χ1n) is 10.7. The fourth-order valence-corrected chi connectivity index (χ4v) is 4.37. The molecule has 0 atom stereocenters. The van der Waals surface area contributed by atoms with Crippen LogP contribution in [0.5, 0.6) is 0 Å². The van der Waals surface area contributed by atoms with Crippen LogP contribution in [0.3, 0.4) is 0 Å². The molecule has 0 aliphatic heterocycles. The molecule has 9 nitrogen and oxygen atoms in total. The standard InChI is InChI=1S/C25H21N3O6S/c1-2-33-25(32)24-18(12-20(35-24)16-8-4-3-5-9-16)27-21(29)15-34-23(31)14-28-19-11-7-6-10-17(19)26-13-22(28)30/h3-13H,2,14-15H2,1H3,(H,27,29). The molecular weight excluding hydrogens is 470 g/mol. The van der Waals surface area contributed by atoms with E-state index in [4.69, 9.17) is 9.47 Å². The minimum Gasteiger partial charge on any atom is -0.462 e. The number of para-hydroxylation sites is 2. The van der Waals surface area contributed by atoms with Gasteiger partial charge in [0.25, 0.3) is 11.5 Å². The average molecular weight is 492 g/mol. The second-order valence-corrected chi connectivity index (χ2v) is 8.37. The first-order valence-corrected chi connectivity index (χ1v) is 11.5. The molecule has 1 N–H and O–H groups in total. The van der Waals surface area contributed by atoms with Crippen molar-refractivity contribution in [3.8, 4) is 10.4 Å². The number of nitrogens with zero attached hydrogens (tertiary/aromatic N) is 2. The molecule has 1 amide bonds. The quantitative estimate of drug-likeness (QED) is 0.375. The third-order valence-electron chi connectivity index (χ3n) is 4.93. The first kappa shape index (κ1) is 23.8. The van der Waals surface area contributed by atoms with E-state index in [-0.39, 0.29) is 23.7 Å². The van der Waals surface area contributed by atoms with Gasteiger partial charge in [-0.1, -0.05) is 42.5 Å². The molecule has 0 aliphatic carbocycles. The minimum absolute atomic E-state index is 0.186. The van der Waals surface area contributed by atoms with Gasteiger partial charge < -0.3 is 14.8 Å². The van der Waals surface area contributed by atoms with Crippen LogP contribution in [-0.2, 0) is 25.6 Å². The van der Waals surface area contributed by atoms with Crippen LogP contribution in [0.25, 0.3) is 21.5 Å². The van der Waals surface area contributed by atoms with Crippen LogP contribution in [-0.4, -0.2) is 40.6 Å². The Bertz CT molecular complexity index is 1440. The Morgan fingerprint density at radius 1 is 1.03 bits per heavy atom. The van der Waals surface area contributed by atoms with Crippen molar-refractivity contribution >= 4 is 45.9 Å². The summed E-state index contributed by atoms with van der Waals surface area (Å²) < 4.78 is 11.4. The molecule has 4 rings (SSSR count). The molecule has 0 radical (unpaired) electrons. The summed E-state index contributed by atoms with van der Waals surface area (Å²) in [5.74, 6) is -1.95. The lowest BCUT2D eigenvalue weighted by molar-refractivity contribution is -0.147. The largest absolute Gasteiger partial charge is 0.462 e. The van der Waals surface area contributed by atoms with Gasteiger partial charge in [-0.15, -0.1) is 11.3 Å². The maximum Gasteiger partial charge on any atom is 0.350 e. The molecule has 0 saturated carbocycles. The van der Waals surface area contributed by atoms with E-state index in [9.17, 15) is 19.2 Å². The van der Waals surface area contributed by atoms with Crippen molar-refractivity contribution in [2.24, 2.45) is 0 Å². The normalized spacial score (nSPS) is 10.7. The number of rotatable bonds is 8. The Morgan fingerprint density at radius 3 is 2.54 bits per heavy atom. The molecule has 0 saturated heterocycles. The number of anilines is 1. The molecule has 35 heavy (non-hydrogen) atoms. The molecule has 2 aromatic heterocycles. The number of hydrogen-bond acceptors (Lipinski definition) is 8. The summed E-state index contributed by atoms with van der Waals surface area (Å²) in [6.07, 6.45) is 1.13. The number of hydrogen-bond donors (Lipinski definition) is 1. The van der Waals surface area contributed by atoms with Gasteiger partial charge in [0, 0.05) is 4.88 Å². The van der Waals surface area contributed by atoms with Gasteiger partial charge in [0.1, 0.15) is 11.4 Å². The van der Waals surface area contributed by atoms with Gasteiger partial charge in [0.05, 0.1) is 29.5 Å². The van der Waals surface area contributed by atoms with Gasteiger partial charge in [-0.25, -0.2) is 9.78 Å². The van der Waals surface area contributed by atoms with E-state index in [0.717, 1.165) is 16.6 Å². The Hall–Kier alpha value is -4.31. The summed E-state index contributed by atoms with van der Waals surface area (Å²) in [5.41, 5.74) is 1.72. The van der Waals surface area contributed by atoms with Gasteiger partial charge in [0.2, 0.25) is 0 Å². The number of aromatic nitrogens is 2. The van der Waals surface area contributed by atoms with Gasteiger partial charge in [-0.05, 0) is 30.7 Å². The van der Waals surface area contributed by atoms with Crippen LogP contribution in [0, 0.1) is 0 Å². The van der Waals surface area contributed by atoms with Crippen LogP contribution < -0.4 is 10.9 Å². The van der Waals surface area contributed by atoms with Gasteiger partial charge >= 0.3 is 11.9 Å². The lowest BCUT2D eigenvalue weighted by Crippen LogP contribution is -2.28. The fourth-order valence-electron chi connectivity index (χ4n) is 3.36. The number of esters is 2. The second-order valence-electron chi connectivity index (χ2n) is 7.32. The number of ether oxygens (including phenoxy) is 2. The number of thiophene rings is 1. The molecule has 4 aromatic rings. The van der Waals surface area contributed by atoms with E-state index in [0.29, 0.717) is 11.0 Å². The van der Waals surface area contributed by atoms with E-state index in [1.807, 2.05) is 30.3 Å². The highest BCUT2D eigenvalue weighted by molar-refractivity contribution is 7.18. The predicted molar refractivity (Wildman–Crippen MR) is 131 cm³/mol. The fraction of sp³-hybridized carbons (Fsp3) is 0.160. The highest BCUT2D eigenvalue weighted by atomic mass is 32.1. The third kappa shape index (κ3) is 5.61. The number of carbonyl (C=O) groups excluding carboxylic acids is 3. The van der Waals surface area contributed by atoms with E-state index >= 15 is 0 Å². The van der Waals surface area contributed by atoms with Crippen molar-refractivity contribution in [1.82, 2.24) is 9.55 Å². The van der Waals surface area contributed by atoms with E-state index < -0.39 is 30.0 Å². The van der Waals surface area contributed by atoms with Crippen LogP contribution in [0.15, 0.2) is 71.7 Å². The van der Waals surface area contributed by atoms with Crippen LogP contribution in [0.2, 0.25) is 0 Å². The van der Waals surface area contributed by atoms with Gasteiger partial charge in [-0.3, -0.25) is 19.0 Å². The van der Waals surface area contributed by atoms with E-state index in [1.165, 1.54) is 15.9 Å². The number of amides is 1. The topological polar surface area (TPSA) is 117 Å². The van der Waals surface area contributed by atoms with Crippen LogP contribution in [0.4, 0.5) is 5.69 Å². The maximum absolute atomic E-state index is 12.5. The Morgan fingerprint density at radius 2 is 1.77 bits per heavy atom. The van der Waals surface area contributed by atoms with E-state index in [2.05, 4.69) is 10.3 Å². The number of fused-ring (bicyclic) bond motifs is 1. The Balaban J connectivity index is 1.44. The molecule has 0 bridgehead atoms. The molecule has 0 fully saturated rings. The monoisotopic (exact) mass is 491 g/mol. The zero-order chi connectivity index (χ0) is 24.8.